The topological polar surface area (TPSA) is 97.1 Å². The minimum absolute atomic E-state index is 0.261. The molecule has 136 valence electrons. The van der Waals surface area contributed by atoms with Crippen molar-refractivity contribution in [1.82, 2.24) is 19.1 Å². The van der Waals surface area contributed by atoms with Crippen molar-refractivity contribution in [2.24, 2.45) is 18.1 Å². The molecule has 0 amide bonds. The lowest BCUT2D eigenvalue weighted by Gasteiger charge is -2.10. The number of nitrogens with zero attached hydrogens (tertiary/aromatic N) is 4. The van der Waals surface area contributed by atoms with Gasteiger partial charge >= 0.3 is 5.69 Å². The SMILES string of the molecule is CC(C)Cn1c(N/N=C\c2ccccc2Cl)nc2c1c(=O)[nH]c(=O)n2C. The molecule has 2 aromatic heterocycles. The van der Waals surface area contributed by atoms with E-state index in [1.165, 1.54) is 4.57 Å². The van der Waals surface area contributed by atoms with Crippen molar-refractivity contribution in [3.05, 3.63) is 55.7 Å². The van der Waals surface area contributed by atoms with Gasteiger partial charge in [-0.1, -0.05) is 43.6 Å². The Morgan fingerprint density at radius 3 is 2.77 bits per heavy atom. The molecule has 26 heavy (non-hydrogen) atoms. The molecule has 0 aliphatic carbocycles. The Morgan fingerprint density at radius 2 is 2.08 bits per heavy atom. The first-order chi connectivity index (χ1) is 12.4. The van der Waals surface area contributed by atoms with Gasteiger partial charge in [-0.25, -0.2) is 10.2 Å². The molecule has 0 bridgehead atoms. The number of halogens is 1. The molecular weight excluding hydrogens is 356 g/mol. The number of anilines is 1. The van der Waals surface area contributed by atoms with Crippen molar-refractivity contribution < 1.29 is 0 Å². The summed E-state index contributed by atoms with van der Waals surface area (Å²) in [6.45, 7) is 4.60. The Balaban J connectivity index is 2.06. The van der Waals surface area contributed by atoms with E-state index < -0.39 is 11.2 Å². The van der Waals surface area contributed by atoms with Gasteiger partial charge in [0.15, 0.2) is 11.2 Å². The Morgan fingerprint density at radius 1 is 1.35 bits per heavy atom. The van der Waals surface area contributed by atoms with Crippen LogP contribution in [0.25, 0.3) is 11.2 Å². The summed E-state index contributed by atoms with van der Waals surface area (Å²) in [7, 11) is 1.56. The second-order valence-electron chi connectivity index (χ2n) is 6.32. The summed E-state index contributed by atoms with van der Waals surface area (Å²) < 4.78 is 3.03. The molecule has 3 aromatic rings. The minimum atomic E-state index is -0.511. The third kappa shape index (κ3) is 3.41. The molecule has 9 heteroatoms. The molecule has 0 aliphatic heterocycles. The van der Waals surface area contributed by atoms with Crippen LogP contribution in [-0.4, -0.2) is 25.3 Å². The number of aromatic amines is 1. The highest BCUT2D eigenvalue weighted by Crippen LogP contribution is 2.18. The van der Waals surface area contributed by atoms with Crippen molar-refractivity contribution in [1.29, 1.82) is 0 Å². The molecule has 0 atom stereocenters. The van der Waals surface area contributed by atoms with Crippen LogP contribution in [-0.2, 0) is 13.6 Å². The highest BCUT2D eigenvalue weighted by molar-refractivity contribution is 6.33. The van der Waals surface area contributed by atoms with Gasteiger partial charge in [0.1, 0.15) is 0 Å². The second-order valence-corrected chi connectivity index (χ2v) is 6.73. The fourth-order valence-corrected chi connectivity index (χ4v) is 2.79. The Labute approximate surface area is 154 Å². The summed E-state index contributed by atoms with van der Waals surface area (Å²) in [5, 5.41) is 4.75. The zero-order valence-corrected chi connectivity index (χ0v) is 15.4. The number of rotatable bonds is 5. The van der Waals surface area contributed by atoms with Crippen LogP contribution in [0.2, 0.25) is 5.02 Å². The zero-order valence-electron chi connectivity index (χ0n) is 14.7. The first kappa shape index (κ1) is 17.9. The number of hydrogen-bond acceptors (Lipinski definition) is 5. The van der Waals surface area contributed by atoms with Crippen LogP contribution in [0.3, 0.4) is 0 Å². The summed E-state index contributed by atoms with van der Waals surface area (Å²) in [6.07, 6.45) is 1.57. The largest absolute Gasteiger partial charge is 0.329 e. The zero-order chi connectivity index (χ0) is 18.8. The van der Waals surface area contributed by atoms with Crippen molar-refractivity contribution >= 4 is 34.9 Å². The van der Waals surface area contributed by atoms with Crippen LogP contribution < -0.4 is 16.7 Å². The molecule has 0 aliphatic rings. The Bertz CT molecular complexity index is 1090. The number of hydrogen-bond donors (Lipinski definition) is 2. The molecule has 0 saturated heterocycles. The van der Waals surface area contributed by atoms with Gasteiger partial charge in [-0.15, -0.1) is 0 Å². The van der Waals surface area contributed by atoms with Gasteiger partial charge in [0.25, 0.3) is 5.56 Å². The maximum Gasteiger partial charge on any atom is 0.329 e. The number of imidazole rings is 1. The fraction of sp³-hybridized carbons (Fsp3) is 0.294. The minimum Gasteiger partial charge on any atom is -0.303 e. The average molecular weight is 375 g/mol. The van der Waals surface area contributed by atoms with Gasteiger partial charge in [0, 0.05) is 24.2 Å². The Hall–Kier alpha value is -2.87. The van der Waals surface area contributed by atoms with E-state index in [0.717, 1.165) is 5.56 Å². The quantitative estimate of drug-likeness (QED) is 0.528. The maximum atomic E-state index is 12.3. The molecule has 2 heterocycles. The molecule has 0 radical (unpaired) electrons. The molecule has 2 N–H and O–H groups in total. The number of aromatic nitrogens is 4. The summed E-state index contributed by atoms with van der Waals surface area (Å²) in [5.74, 6) is 0.640. The number of nitrogens with one attached hydrogen (secondary N) is 2. The predicted octanol–water partition coefficient (Wildman–Crippen LogP) is 2.18. The van der Waals surface area contributed by atoms with Crippen molar-refractivity contribution in [2.75, 3.05) is 5.43 Å². The number of hydrazone groups is 1. The molecule has 0 saturated carbocycles. The van der Waals surface area contributed by atoms with E-state index in [0.29, 0.717) is 28.7 Å². The number of fused-ring (bicyclic) bond motifs is 1. The van der Waals surface area contributed by atoms with Crippen LogP contribution in [0.5, 0.6) is 0 Å². The fourth-order valence-electron chi connectivity index (χ4n) is 2.60. The molecule has 0 fully saturated rings. The van der Waals surface area contributed by atoms with Gasteiger partial charge < -0.3 is 4.57 Å². The number of benzene rings is 1. The van der Waals surface area contributed by atoms with Gasteiger partial charge in [0.05, 0.1) is 6.21 Å². The average Bonchev–Trinajstić information content (AvgIpc) is 2.93. The third-order valence-electron chi connectivity index (χ3n) is 3.83. The summed E-state index contributed by atoms with van der Waals surface area (Å²) in [5.41, 5.74) is 3.25. The van der Waals surface area contributed by atoms with Crippen molar-refractivity contribution in [2.45, 2.75) is 20.4 Å². The lowest BCUT2D eigenvalue weighted by atomic mass is 10.2. The van der Waals surface area contributed by atoms with Crippen LogP contribution in [0.1, 0.15) is 19.4 Å². The van der Waals surface area contributed by atoms with Gasteiger partial charge in [-0.3, -0.25) is 14.3 Å². The molecule has 1 aromatic carbocycles. The van der Waals surface area contributed by atoms with Gasteiger partial charge in [0.2, 0.25) is 5.95 Å². The second kappa shape index (κ2) is 7.17. The first-order valence-corrected chi connectivity index (χ1v) is 8.49. The van der Waals surface area contributed by atoms with E-state index in [4.69, 9.17) is 11.6 Å². The van der Waals surface area contributed by atoms with E-state index in [1.807, 2.05) is 32.0 Å². The number of aryl methyl sites for hydroxylation is 1. The molecule has 0 spiro atoms. The van der Waals surface area contributed by atoms with E-state index in [1.54, 1.807) is 23.9 Å². The smallest absolute Gasteiger partial charge is 0.303 e. The monoisotopic (exact) mass is 374 g/mol. The lowest BCUT2D eigenvalue weighted by molar-refractivity contribution is 0.535. The van der Waals surface area contributed by atoms with Gasteiger partial charge in [-0.05, 0) is 12.0 Å². The standard InChI is InChI=1S/C17H19ClN6O2/c1-10(2)9-24-13-14(23(3)17(26)21-15(13)25)20-16(24)22-19-8-11-6-4-5-7-12(11)18/h4-8,10H,9H2,1-3H3,(H,20,22)(H,21,25,26)/b19-8-. The summed E-state index contributed by atoms with van der Waals surface area (Å²) >= 11 is 6.11. The van der Waals surface area contributed by atoms with Gasteiger partial charge in [-0.2, -0.15) is 10.1 Å². The summed E-state index contributed by atoms with van der Waals surface area (Å²) in [6, 6.07) is 7.30. The molecule has 8 nitrogen and oxygen atoms in total. The van der Waals surface area contributed by atoms with Crippen LogP contribution in [0.15, 0.2) is 39.0 Å². The lowest BCUT2D eigenvalue weighted by Crippen LogP contribution is -2.29. The van der Waals surface area contributed by atoms with E-state index in [9.17, 15) is 9.59 Å². The first-order valence-electron chi connectivity index (χ1n) is 8.11. The van der Waals surface area contributed by atoms with E-state index in [2.05, 4.69) is 20.5 Å². The highest BCUT2D eigenvalue weighted by Gasteiger charge is 2.17. The molecular formula is C17H19ClN6O2. The van der Waals surface area contributed by atoms with Crippen molar-refractivity contribution in [3.63, 3.8) is 0 Å². The van der Waals surface area contributed by atoms with Crippen LogP contribution in [0.4, 0.5) is 5.95 Å². The van der Waals surface area contributed by atoms with Crippen LogP contribution in [0, 0.1) is 5.92 Å². The maximum absolute atomic E-state index is 12.3. The van der Waals surface area contributed by atoms with E-state index >= 15 is 0 Å². The van der Waals surface area contributed by atoms with Crippen LogP contribution >= 0.6 is 11.6 Å². The normalized spacial score (nSPS) is 11.7. The number of H-pyrrole nitrogens is 1. The Kier molecular flexibility index (Phi) is 4.94. The highest BCUT2D eigenvalue weighted by atomic mass is 35.5. The summed E-state index contributed by atoms with van der Waals surface area (Å²) in [4.78, 5) is 30.8. The van der Waals surface area contributed by atoms with E-state index in [-0.39, 0.29) is 5.92 Å². The molecule has 3 rings (SSSR count). The molecule has 0 unspecified atom stereocenters. The predicted molar refractivity (Wildman–Crippen MR) is 103 cm³/mol. The third-order valence-corrected chi connectivity index (χ3v) is 4.17. The van der Waals surface area contributed by atoms with Crippen molar-refractivity contribution in [3.8, 4) is 0 Å².